The van der Waals surface area contributed by atoms with Crippen LogP contribution in [-0.2, 0) is 15.9 Å². The van der Waals surface area contributed by atoms with Crippen molar-refractivity contribution in [3.05, 3.63) is 40.0 Å². The van der Waals surface area contributed by atoms with E-state index in [-0.39, 0.29) is 12.1 Å². The van der Waals surface area contributed by atoms with Crippen LogP contribution in [0.3, 0.4) is 0 Å². The molecule has 1 aliphatic rings. The van der Waals surface area contributed by atoms with Gasteiger partial charge in [0.25, 0.3) is 5.56 Å². The van der Waals surface area contributed by atoms with Crippen molar-refractivity contribution in [1.82, 2.24) is 4.57 Å². The SMILES string of the molecule is C#CCn1cc(C=C(F)B2OC(C)(C)C(C)(C)O2)ccc1=O. The largest absolute Gasteiger partial charge is 0.525 e. The van der Waals surface area contributed by atoms with E-state index < -0.39 is 24.0 Å². The van der Waals surface area contributed by atoms with Gasteiger partial charge in [-0.25, -0.2) is 4.39 Å². The van der Waals surface area contributed by atoms with Crippen LogP contribution in [0.1, 0.15) is 33.3 Å². The van der Waals surface area contributed by atoms with Crippen LogP contribution in [0.15, 0.2) is 28.9 Å². The van der Waals surface area contributed by atoms with Gasteiger partial charge >= 0.3 is 7.12 Å². The van der Waals surface area contributed by atoms with Crippen LogP contribution < -0.4 is 5.56 Å². The highest BCUT2D eigenvalue weighted by Gasteiger charge is 2.53. The second-order valence-electron chi connectivity index (χ2n) is 6.25. The van der Waals surface area contributed by atoms with E-state index >= 15 is 0 Å². The van der Waals surface area contributed by atoms with Gasteiger partial charge in [0, 0.05) is 12.3 Å². The van der Waals surface area contributed by atoms with Crippen molar-refractivity contribution in [2.75, 3.05) is 0 Å². The number of halogens is 1. The second kappa shape index (κ2) is 5.75. The molecule has 6 heteroatoms. The number of nitrogens with zero attached hydrogens (tertiary/aromatic N) is 1. The monoisotopic (exact) mass is 303 g/mol. The molecule has 4 nitrogen and oxygen atoms in total. The summed E-state index contributed by atoms with van der Waals surface area (Å²) in [4.78, 5) is 11.6. The van der Waals surface area contributed by atoms with Crippen LogP contribution in [0, 0.1) is 12.3 Å². The summed E-state index contributed by atoms with van der Waals surface area (Å²) in [7, 11) is -1.06. The summed E-state index contributed by atoms with van der Waals surface area (Å²) in [6.07, 6.45) is 7.99. The van der Waals surface area contributed by atoms with Gasteiger partial charge in [-0.1, -0.05) is 5.92 Å². The summed E-state index contributed by atoms with van der Waals surface area (Å²) in [5, 5.41) is 0. The third kappa shape index (κ3) is 3.16. The number of rotatable bonds is 3. The highest BCUT2D eigenvalue weighted by molar-refractivity contribution is 6.54. The molecule has 1 fully saturated rings. The topological polar surface area (TPSA) is 40.5 Å². The summed E-state index contributed by atoms with van der Waals surface area (Å²) in [5.74, 6) is 2.38. The van der Waals surface area contributed by atoms with Gasteiger partial charge in [-0.2, -0.15) is 0 Å². The third-order valence-corrected chi connectivity index (χ3v) is 4.05. The predicted octanol–water partition coefficient (Wildman–Crippen LogP) is 2.42. The molecular formula is C16H19BFNO3. The lowest BCUT2D eigenvalue weighted by Gasteiger charge is -2.32. The fraction of sp³-hybridized carbons (Fsp3) is 0.438. The van der Waals surface area contributed by atoms with Crippen molar-refractivity contribution in [3.63, 3.8) is 0 Å². The minimum atomic E-state index is -1.06. The fourth-order valence-corrected chi connectivity index (χ4v) is 2.04. The van der Waals surface area contributed by atoms with E-state index in [1.807, 2.05) is 27.7 Å². The van der Waals surface area contributed by atoms with Gasteiger partial charge in [-0.3, -0.25) is 4.79 Å². The van der Waals surface area contributed by atoms with Crippen LogP contribution in [-0.4, -0.2) is 22.9 Å². The van der Waals surface area contributed by atoms with E-state index in [1.165, 1.54) is 29.0 Å². The third-order valence-electron chi connectivity index (χ3n) is 4.05. The normalized spacial score (nSPS) is 20.0. The molecular weight excluding hydrogens is 284 g/mol. The Bertz CT molecular complexity index is 684. The summed E-state index contributed by atoms with van der Waals surface area (Å²) in [6, 6.07) is 2.88. The molecule has 0 amide bonds. The molecule has 0 unspecified atom stereocenters. The number of terminal acetylenes is 1. The van der Waals surface area contributed by atoms with Crippen molar-refractivity contribution in [3.8, 4) is 12.3 Å². The maximum atomic E-state index is 14.4. The minimum absolute atomic E-state index is 0.138. The molecule has 0 saturated carbocycles. The lowest BCUT2D eigenvalue weighted by molar-refractivity contribution is 0.00578. The molecule has 1 saturated heterocycles. The van der Waals surface area contributed by atoms with E-state index in [9.17, 15) is 9.18 Å². The summed E-state index contributed by atoms with van der Waals surface area (Å²) in [6.45, 7) is 7.56. The van der Waals surface area contributed by atoms with Gasteiger partial charge in [0.15, 0.2) is 0 Å². The number of hydrogen-bond donors (Lipinski definition) is 0. The molecule has 1 aromatic rings. The van der Waals surface area contributed by atoms with Crippen LogP contribution in [0.2, 0.25) is 0 Å². The molecule has 0 aliphatic carbocycles. The van der Waals surface area contributed by atoms with E-state index in [0.29, 0.717) is 5.56 Å². The Kier molecular flexibility index (Phi) is 4.32. The standard InChI is InChI=1S/C16H19BFNO3/c1-6-9-19-11-12(7-8-14(19)20)10-13(18)17-21-15(2,3)16(4,5)22-17/h1,7-8,10-11H,9H2,2-5H3. The van der Waals surface area contributed by atoms with Crippen molar-refractivity contribution < 1.29 is 13.7 Å². The van der Waals surface area contributed by atoms with E-state index in [2.05, 4.69) is 5.92 Å². The summed E-state index contributed by atoms with van der Waals surface area (Å²) < 4.78 is 27.0. The first-order chi connectivity index (χ1) is 10.2. The molecule has 1 aromatic heterocycles. The first kappa shape index (κ1) is 16.5. The van der Waals surface area contributed by atoms with Gasteiger partial charge in [-0.15, -0.1) is 6.42 Å². The lowest BCUT2D eigenvalue weighted by atomic mass is 9.87. The molecule has 2 rings (SSSR count). The molecule has 22 heavy (non-hydrogen) atoms. The Morgan fingerprint density at radius 3 is 2.50 bits per heavy atom. The molecule has 0 bridgehead atoms. The number of hydrogen-bond acceptors (Lipinski definition) is 3. The highest BCUT2D eigenvalue weighted by atomic mass is 19.1. The first-order valence-corrected chi connectivity index (χ1v) is 7.03. The average molecular weight is 303 g/mol. The number of pyridine rings is 1. The predicted molar refractivity (Wildman–Crippen MR) is 84.7 cm³/mol. The van der Waals surface area contributed by atoms with Crippen LogP contribution in [0.5, 0.6) is 0 Å². The Morgan fingerprint density at radius 1 is 1.36 bits per heavy atom. The Hall–Kier alpha value is -1.84. The van der Waals surface area contributed by atoms with Crippen molar-refractivity contribution in [1.29, 1.82) is 0 Å². The highest BCUT2D eigenvalue weighted by Crippen LogP contribution is 2.38. The second-order valence-corrected chi connectivity index (χ2v) is 6.25. The Labute approximate surface area is 130 Å². The average Bonchev–Trinajstić information content (AvgIpc) is 2.63. The van der Waals surface area contributed by atoms with Crippen LogP contribution >= 0.6 is 0 Å². The van der Waals surface area contributed by atoms with Crippen molar-refractivity contribution >= 4 is 13.2 Å². The van der Waals surface area contributed by atoms with E-state index in [1.54, 1.807) is 0 Å². The molecule has 0 atom stereocenters. The fourth-order valence-electron chi connectivity index (χ4n) is 2.04. The molecule has 0 aromatic carbocycles. The summed E-state index contributed by atoms with van der Waals surface area (Å²) in [5.41, 5.74) is -1.48. The van der Waals surface area contributed by atoms with E-state index in [0.717, 1.165) is 0 Å². The quantitative estimate of drug-likeness (QED) is 0.636. The zero-order valence-corrected chi connectivity index (χ0v) is 13.2. The minimum Gasteiger partial charge on any atom is -0.398 e. The van der Waals surface area contributed by atoms with Gasteiger partial charge in [-0.05, 0) is 45.4 Å². The van der Waals surface area contributed by atoms with Crippen molar-refractivity contribution in [2.24, 2.45) is 0 Å². The van der Waals surface area contributed by atoms with Gasteiger partial charge in [0.05, 0.1) is 17.7 Å². The summed E-state index contributed by atoms with van der Waals surface area (Å²) >= 11 is 0. The van der Waals surface area contributed by atoms with Gasteiger partial charge in [0.2, 0.25) is 0 Å². The van der Waals surface area contributed by atoms with E-state index in [4.69, 9.17) is 15.7 Å². The molecule has 0 radical (unpaired) electrons. The molecule has 0 spiro atoms. The van der Waals surface area contributed by atoms with Crippen molar-refractivity contribution in [2.45, 2.75) is 45.4 Å². The number of aromatic nitrogens is 1. The smallest absolute Gasteiger partial charge is 0.398 e. The maximum Gasteiger partial charge on any atom is 0.525 e. The van der Waals surface area contributed by atoms with Gasteiger partial charge < -0.3 is 13.9 Å². The zero-order valence-electron chi connectivity index (χ0n) is 13.2. The Balaban J connectivity index is 2.26. The molecule has 0 N–H and O–H groups in total. The zero-order chi connectivity index (χ0) is 16.5. The first-order valence-electron chi connectivity index (χ1n) is 7.03. The van der Waals surface area contributed by atoms with Crippen LogP contribution in [0.25, 0.3) is 6.08 Å². The van der Waals surface area contributed by atoms with Crippen LogP contribution in [0.4, 0.5) is 4.39 Å². The molecule has 116 valence electrons. The van der Waals surface area contributed by atoms with Gasteiger partial charge in [0.1, 0.15) is 5.73 Å². The molecule has 1 aliphatic heterocycles. The Morgan fingerprint density at radius 2 is 1.95 bits per heavy atom. The maximum absolute atomic E-state index is 14.4. The molecule has 2 heterocycles. The lowest BCUT2D eigenvalue weighted by Crippen LogP contribution is -2.41.